The number of methoxy groups -OCH3 is 4. The molecule has 2 aromatic heterocycles. The number of nitrogens with one attached hydrogen (secondary N) is 6. The molecule has 0 aliphatic carbocycles. The molecule has 8 aromatic carbocycles. The van der Waals surface area contributed by atoms with Crippen molar-refractivity contribution in [3.8, 4) is 56.3 Å². The Hall–Kier alpha value is -14.1. The highest BCUT2D eigenvalue weighted by molar-refractivity contribution is 6.08. The number of amides is 8. The summed E-state index contributed by atoms with van der Waals surface area (Å²) < 4.78 is 37.5. The van der Waals surface area contributed by atoms with Crippen LogP contribution in [-0.2, 0) is 68.9 Å². The number of rotatable bonds is 18. The third kappa shape index (κ3) is 19.1. The molecule has 0 saturated carbocycles. The number of carbonyl (C=O) groups excluding carboxylic acids is 8. The van der Waals surface area contributed by atoms with Gasteiger partial charge in [-0.3, -0.25) is 29.3 Å². The summed E-state index contributed by atoms with van der Waals surface area (Å²) in [6.45, 7) is 21.0. The fourth-order valence-electron chi connectivity index (χ4n) is 19.5. The molecule has 10 heterocycles. The summed E-state index contributed by atoms with van der Waals surface area (Å²) in [6.07, 6.45) is 5.17. The first-order chi connectivity index (χ1) is 63.4. The van der Waals surface area contributed by atoms with Gasteiger partial charge in [-0.15, -0.1) is 0 Å². The number of benzene rings is 8. The summed E-state index contributed by atoms with van der Waals surface area (Å²) in [6, 6.07) is 47.8. The number of ether oxygens (including phenoxy) is 7. The van der Waals surface area contributed by atoms with E-state index in [1.54, 1.807) is 30.3 Å². The van der Waals surface area contributed by atoms with Gasteiger partial charge in [0.2, 0.25) is 17.7 Å². The number of H-pyrrole nitrogens is 2. The molecule has 688 valence electrons. The standard InChI is InChI=1S/C49H52N6O7.C43H50N6O6.C10H11NO4/c1-27(2)44(52-48(58)60-4)46(56)54-19-9-12-41(54)39-18-17-37(50-39)31-13-15-33-32(21-31)26-62-43-24-34-30(22-36(33)43)14-16-38-35(34)23-40(51-38)42-20-28(3)25-55(42)47(57)45(53-49(59)61-5)29-10-7-6-8-11-29;1-23(2)38(47-41(51)53-7)40(50)48-14-8-9-35(48)39-44-20-34(46-39)26-10-12-28-27(16-26)22-54-37-19-29-25(17-31(28)37)11-13-32-30(29)18-33(45-32)36-15-24(3)21-49(36)42(52)55-43(4,5)6;1-15-10(14)11-8(9(12)13)7-5-3-2-4-6-7/h6-8,10-11,13-18,21-22,24,27-28,41-42,44-45,50H,9,12,19-20,23,25-26H2,1-5H3,(H,52,58)(H,53,59);10-13,16-17,19-20,23-24,35-36,38H,8-9,14-15,18,21-22H2,1-7H3,(H,44,46)(H,47,51);2-6,8H,1H3,(H,11,14)(H,12,13)/t28-,41-,42-,44-,45+;24-,35-,36-,38-;8-/m001/s1. The molecule has 4 fully saturated rings. The number of aromatic nitrogens is 3. The number of carbonyl (C=O) groups is 9. The first-order valence-corrected chi connectivity index (χ1v) is 45.2. The number of imidazole rings is 1. The number of aliphatic imine (C=N–C) groups is 2. The van der Waals surface area contributed by atoms with Crippen molar-refractivity contribution < 1.29 is 81.4 Å². The Labute approximate surface area is 765 Å². The molecule has 10 aromatic rings. The van der Waals surface area contributed by atoms with Crippen LogP contribution in [0.4, 0.5) is 35.3 Å². The molecule has 8 aliphatic heterocycles. The van der Waals surface area contributed by atoms with E-state index in [2.05, 4.69) is 147 Å². The summed E-state index contributed by atoms with van der Waals surface area (Å²) in [5.74, 6) is 1.26. The summed E-state index contributed by atoms with van der Waals surface area (Å²) in [7, 11) is 5.07. The molecular weight excluding hydrogens is 1680 g/mol. The quantitative estimate of drug-likeness (QED) is 0.0392. The van der Waals surface area contributed by atoms with Crippen molar-refractivity contribution in [2.45, 2.75) is 181 Å². The smallest absolute Gasteiger partial charge is 0.410 e. The Morgan fingerprint density at radius 1 is 0.485 bits per heavy atom. The van der Waals surface area contributed by atoms with Gasteiger partial charge >= 0.3 is 36.4 Å². The molecule has 7 N–H and O–H groups in total. The number of alkyl carbamates (subject to hydrolysis) is 4. The van der Waals surface area contributed by atoms with Crippen LogP contribution in [0.2, 0.25) is 0 Å². The van der Waals surface area contributed by atoms with Crippen molar-refractivity contribution in [1.82, 2.24) is 55.8 Å². The van der Waals surface area contributed by atoms with E-state index < -0.39 is 60.1 Å². The molecule has 0 bridgehead atoms. The number of fused-ring (bicyclic) bond motifs is 12. The zero-order valence-corrected chi connectivity index (χ0v) is 76.5. The van der Waals surface area contributed by atoms with E-state index in [0.717, 1.165) is 167 Å². The lowest BCUT2D eigenvalue weighted by molar-refractivity contribution is -0.139. The molecule has 8 aliphatic rings. The number of aromatic amines is 2. The van der Waals surface area contributed by atoms with Crippen LogP contribution in [0.3, 0.4) is 0 Å². The first kappa shape index (κ1) is 91.3. The third-order valence-corrected chi connectivity index (χ3v) is 26.0. The Balaban J connectivity index is 0.000000167. The number of aliphatic carboxylic acids is 1. The predicted molar refractivity (Wildman–Crippen MR) is 499 cm³/mol. The summed E-state index contributed by atoms with van der Waals surface area (Å²) in [4.78, 5) is 143. The van der Waals surface area contributed by atoms with Gasteiger partial charge in [-0.1, -0.05) is 139 Å². The summed E-state index contributed by atoms with van der Waals surface area (Å²) in [5.41, 5.74) is 18.0. The van der Waals surface area contributed by atoms with Crippen molar-refractivity contribution >= 4 is 98.5 Å². The van der Waals surface area contributed by atoms with E-state index in [0.29, 0.717) is 69.3 Å². The minimum atomic E-state index is -1.13. The molecule has 10 atom stereocenters. The van der Waals surface area contributed by atoms with Gasteiger partial charge < -0.3 is 84.2 Å². The number of carboxylic acids is 1. The van der Waals surface area contributed by atoms with Crippen molar-refractivity contribution in [2.24, 2.45) is 33.7 Å². The molecule has 8 amide bonds. The molecule has 132 heavy (non-hydrogen) atoms. The maximum atomic E-state index is 14.3. The minimum Gasteiger partial charge on any atom is -0.488 e. The fraction of sp³-hybridized carbons (Fsp3) is 0.392. The summed E-state index contributed by atoms with van der Waals surface area (Å²) in [5, 5.41) is 23.7. The maximum absolute atomic E-state index is 14.3. The number of likely N-dealkylation sites (tertiary alicyclic amines) is 4. The highest BCUT2D eigenvalue weighted by Gasteiger charge is 2.45. The predicted octanol–water partition coefficient (Wildman–Crippen LogP) is 17.7. The Bertz CT molecular complexity index is 6180. The van der Waals surface area contributed by atoms with E-state index in [4.69, 9.17) is 48.5 Å². The molecule has 0 radical (unpaired) electrons. The first-order valence-electron chi connectivity index (χ1n) is 45.2. The largest absolute Gasteiger partial charge is 0.488 e. The highest BCUT2D eigenvalue weighted by atomic mass is 16.6. The van der Waals surface area contributed by atoms with Gasteiger partial charge in [-0.05, 0) is 221 Å². The molecule has 4 saturated heterocycles. The van der Waals surface area contributed by atoms with Crippen molar-refractivity contribution in [3.63, 3.8) is 0 Å². The maximum Gasteiger partial charge on any atom is 0.410 e. The highest BCUT2D eigenvalue weighted by Crippen LogP contribution is 2.49. The third-order valence-electron chi connectivity index (χ3n) is 26.0. The van der Waals surface area contributed by atoms with Crippen molar-refractivity contribution in [2.75, 3.05) is 54.6 Å². The van der Waals surface area contributed by atoms with Gasteiger partial charge in [0, 0.05) is 73.0 Å². The van der Waals surface area contributed by atoms with E-state index >= 15 is 0 Å². The molecule has 0 spiro atoms. The van der Waals surface area contributed by atoms with E-state index in [-0.39, 0.29) is 65.7 Å². The lowest BCUT2D eigenvalue weighted by Gasteiger charge is -2.30. The van der Waals surface area contributed by atoms with Gasteiger partial charge in [0.1, 0.15) is 54.3 Å². The van der Waals surface area contributed by atoms with Crippen LogP contribution in [-0.4, -0.2) is 190 Å². The van der Waals surface area contributed by atoms with Crippen molar-refractivity contribution in [1.29, 1.82) is 0 Å². The lowest BCUT2D eigenvalue weighted by atomic mass is 9.90. The molecule has 30 heteroatoms. The molecule has 30 nitrogen and oxygen atoms in total. The number of carboxylic acid groups (broad SMARTS) is 1. The summed E-state index contributed by atoms with van der Waals surface area (Å²) >= 11 is 0. The average molecular weight is 1790 g/mol. The topological polar surface area (TPSA) is 369 Å². The van der Waals surface area contributed by atoms with Crippen LogP contribution in [0.25, 0.3) is 66.3 Å². The van der Waals surface area contributed by atoms with Crippen LogP contribution >= 0.6 is 0 Å². The monoisotopic (exact) mass is 1790 g/mol. The number of hydrogen-bond acceptors (Lipinski definition) is 19. The molecular formula is C102H113N13O17. The Morgan fingerprint density at radius 2 is 0.947 bits per heavy atom. The normalized spacial score (nSPS) is 19.3. The van der Waals surface area contributed by atoms with Crippen LogP contribution in [0, 0.1) is 23.7 Å². The van der Waals surface area contributed by atoms with Crippen LogP contribution in [0.1, 0.15) is 170 Å². The van der Waals surface area contributed by atoms with Gasteiger partial charge in [0.15, 0.2) is 6.04 Å². The number of hydrogen-bond donors (Lipinski definition) is 7. The zero-order chi connectivity index (χ0) is 93.2. The molecule has 0 unspecified atom stereocenters. The van der Waals surface area contributed by atoms with Crippen LogP contribution < -0.4 is 30.7 Å². The van der Waals surface area contributed by atoms with Crippen molar-refractivity contribution in [3.05, 3.63) is 209 Å². The van der Waals surface area contributed by atoms with Gasteiger partial charge in [-0.25, -0.2) is 33.8 Å². The van der Waals surface area contributed by atoms with E-state index in [1.165, 1.54) is 34.0 Å². The van der Waals surface area contributed by atoms with Gasteiger partial charge in [0.05, 0.1) is 75.9 Å². The van der Waals surface area contributed by atoms with E-state index in [9.17, 15) is 43.2 Å². The second-order valence-electron chi connectivity index (χ2n) is 36.9. The second kappa shape index (κ2) is 38.5. The van der Waals surface area contributed by atoms with Crippen LogP contribution in [0.5, 0.6) is 11.5 Å². The molecule has 18 rings (SSSR count). The average Bonchev–Trinajstić information content (AvgIpc) is 1.23. The Morgan fingerprint density at radius 3 is 1.44 bits per heavy atom. The minimum absolute atomic E-state index is 0.0830. The lowest BCUT2D eigenvalue weighted by Crippen LogP contribution is -2.51. The fourth-order valence-corrected chi connectivity index (χ4v) is 19.5. The second-order valence-corrected chi connectivity index (χ2v) is 36.9. The SMILES string of the molecule is COC(=O)N[C@@H](C(=O)O)c1ccccc1.COC(=O)N[C@H](C(=O)N1CCC[C@H]1c1ccc(-c2ccc3c(c2)COc2cc4c5c(ccc4cc2-3)N=C([C@@H]2C[C@H](C)CN2C(=O)[C@H](NC(=O)OC)c2ccccc2)C5)[nH]1)C(C)C.COC(=O)N[C@H](C(=O)N1CCC[C@H]1c1ncc(-c2ccc3c(c2)COc2cc4c5c(ccc4cc2-3)N=C([C@@H]2C[C@H](C)CN2C(=O)OC(C)(C)C)C5)[nH]1)C(C)C. The van der Waals surface area contributed by atoms with Gasteiger partial charge in [-0.2, -0.15) is 0 Å². The zero-order valence-electron chi connectivity index (χ0n) is 76.5. The van der Waals surface area contributed by atoms with E-state index in [1.807, 2.05) is 105 Å². The number of nitrogens with zero attached hydrogens (tertiary/aromatic N) is 7. The van der Waals surface area contributed by atoms with Gasteiger partial charge in [0.25, 0.3) is 0 Å². The Kier molecular flexibility index (Phi) is 26.6. The van der Waals surface area contributed by atoms with Crippen LogP contribution in [0.15, 0.2) is 174 Å².